The van der Waals surface area contributed by atoms with Crippen molar-refractivity contribution in [3.63, 3.8) is 0 Å². The second kappa shape index (κ2) is 7.99. The van der Waals surface area contributed by atoms with Crippen LogP contribution in [0.15, 0.2) is 65.6 Å². The number of carbonyl (C=O) groups excluding carboxylic acids is 1. The van der Waals surface area contributed by atoms with Crippen LogP contribution < -0.4 is 10.9 Å². The average molecular weight is 400 g/mol. The third kappa shape index (κ3) is 3.64. The lowest BCUT2D eigenvalue weighted by atomic mass is 10.1. The summed E-state index contributed by atoms with van der Waals surface area (Å²) in [5.41, 5.74) is 5.17. The number of hydrogen-bond donors (Lipinski definition) is 1. The lowest BCUT2D eigenvalue weighted by Gasteiger charge is -2.13. The van der Waals surface area contributed by atoms with Crippen LogP contribution in [0.3, 0.4) is 0 Å². The molecule has 0 aliphatic rings. The van der Waals surface area contributed by atoms with E-state index in [1.54, 1.807) is 23.0 Å². The summed E-state index contributed by atoms with van der Waals surface area (Å²) >= 11 is 0. The molecule has 2 aromatic heterocycles. The number of nitrogens with one attached hydrogen (secondary N) is 1. The number of benzene rings is 2. The van der Waals surface area contributed by atoms with Gasteiger partial charge in [-0.15, -0.1) is 0 Å². The zero-order valence-corrected chi connectivity index (χ0v) is 17.3. The Balaban J connectivity index is 1.74. The number of nitrogens with zero attached hydrogens (tertiary/aromatic N) is 3. The molecule has 2 aromatic carbocycles. The molecule has 0 aliphatic heterocycles. The minimum Gasteiger partial charge on any atom is -0.324 e. The number of anilines is 1. The van der Waals surface area contributed by atoms with Gasteiger partial charge < -0.3 is 5.32 Å². The molecule has 0 saturated carbocycles. The van der Waals surface area contributed by atoms with Crippen LogP contribution in [-0.2, 0) is 17.8 Å². The average Bonchev–Trinajstić information content (AvgIpc) is 3.02. The Kier molecular flexibility index (Phi) is 5.23. The smallest absolute Gasteiger partial charge is 0.280 e. The number of fused-ring (bicyclic) bond motifs is 1. The van der Waals surface area contributed by atoms with Gasteiger partial charge in [0.15, 0.2) is 5.65 Å². The Labute approximate surface area is 174 Å². The molecule has 152 valence electrons. The first kappa shape index (κ1) is 19.6. The molecule has 0 atom stereocenters. The number of amides is 1. The van der Waals surface area contributed by atoms with E-state index >= 15 is 0 Å². The number of pyridine rings is 1. The Morgan fingerprint density at radius 3 is 2.50 bits per heavy atom. The molecule has 0 bridgehead atoms. The topological polar surface area (TPSA) is 68.9 Å². The van der Waals surface area contributed by atoms with Crippen LogP contribution in [0.1, 0.15) is 23.6 Å². The Hall–Kier alpha value is -3.67. The highest BCUT2D eigenvalue weighted by molar-refractivity contribution is 5.91. The van der Waals surface area contributed by atoms with Crippen molar-refractivity contribution in [3.8, 4) is 5.69 Å². The van der Waals surface area contributed by atoms with E-state index in [9.17, 15) is 9.59 Å². The molecule has 4 rings (SSSR count). The van der Waals surface area contributed by atoms with E-state index < -0.39 is 0 Å². The molecular weight excluding hydrogens is 376 g/mol. The van der Waals surface area contributed by atoms with Gasteiger partial charge in [-0.25, -0.2) is 9.67 Å². The van der Waals surface area contributed by atoms with E-state index in [0.717, 1.165) is 23.2 Å². The van der Waals surface area contributed by atoms with Crippen molar-refractivity contribution in [1.29, 1.82) is 0 Å². The highest BCUT2D eigenvalue weighted by Gasteiger charge is 2.18. The van der Waals surface area contributed by atoms with Crippen LogP contribution in [0.5, 0.6) is 0 Å². The Bertz CT molecular complexity index is 1280. The third-order valence-electron chi connectivity index (χ3n) is 5.37. The van der Waals surface area contributed by atoms with Gasteiger partial charge in [-0.1, -0.05) is 25.1 Å². The molecule has 6 nitrogen and oxygen atoms in total. The van der Waals surface area contributed by atoms with E-state index in [2.05, 4.69) is 17.2 Å². The fourth-order valence-corrected chi connectivity index (χ4v) is 3.52. The summed E-state index contributed by atoms with van der Waals surface area (Å²) in [6.07, 6.45) is 2.54. The molecule has 2 heterocycles. The summed E-state index contributed by atoms with van der Waals surface area (Å²) in [5.74, 6) is -0.222. The Morgan fingerprint density at radius 2 is 1.80 bits per heavy atom. The SMILES string of the molecule is CCc1ccc(-n2c(=O)c3cccnc3n2CC(=O)Nc2ccc(C)c(C)c2)cc1. The van der Waals surface area contributed by atoms with Crippen molar-refractivity contribution in [2.24, 2.45) is 0 Å². The van der Waals surface area contributed by atoms with E-state index in [-0.39, 0.29) is 18.0 Å². The molecule has 0 spiro atoms. The summed E-state index contributed by atoms with van der Waals surface area (Å²) in [7, 11) is 0. The van der Waals surface area contributed by atoms with Gasteiger partial charge in [0, 0.05) is 11.9 Å². The second-order valence-corrected chi connectivity index (χ2v) is 7.42. The molecule has 0 fully saturated rings. The molecule has 0 aliphatic carbocycles. The van der Waals surface area contributed by atoms with E-state index in [1.165, 1.54) is 10.2 Å². The zero-order valence-electron chi connectivity index (χ0n) is 17.3. The lowest BCUT2D eigenvalue weighted by Crippen LogP contribution is -2.27. The predicted octanol–water partition coefficient (Wildman–Crippen LogP) is 4.01. The van der Waals surface area contributed by atoms with E-state index in [4.69, 9.17) is 0 Å². The minimum atomic E-state index is -0.222. The normalized spacial score (nSPS) is 11.0. The fraction of sp³-hybridized carbons (Fsp3) is 0.208. The summed E-state index contributed by atoms with van der Waals surface area (Å²) in [5, 5.41) is 3.41. The van der Waals surface area contributed by atoms with Gasteiger partial charge in [0.25, 0.3) is 5.56 Å². The molecule has 1 N–H and O–H groups in total. The quantitative estimate of drug-likeness (QED) is 0.550. The number of rotatable bonds is 5. The van der Waals surface area contributed by atoms with Crippen molar-refractivity contribution in [1.82, 2.24) is 14.3 Å². The van der Waals surface area contributed by atoms with Crippen LogP contribution in [0, 0.1) is 13.8 Å². The highest BCUT2D eigenvalue weighted by Crippen LogP contribution is 2.17. The van der Waals surface area contributed by atoms with Gasteiger partial charge >= 0.3 is 0 Å². The summed E-state index contributed by atoms with van der Waals surface area (Å²) in [6.45, 7) is 6.09. The number of carbonyl (C=O) groups is 1. The third-order valence-corrected chi connectivity index (χ3v) is 5.37. The van der Waals surface area contributed by atoms with Gasteiger partial charge in [-0.05, 0) is 73.4 Å². The number of aryl methyl sites for hydroxylation is 3. The zero-order chi connectivity index (χ0) is 21.3. The van der Waals surface area contributed by atoms with Gasteiger partial charge in [0.05, 0.1) is 11.1 Å². The van der Waals surface area contributed by atoms with Crippen LogP contribution in [-0.4, -0.2) is 20.3 Å². The molecule has 1 amide bonds. The molecule has 0 saturated heterocycles. The second-order valence-electron chi connectivity index (χ2n) is 7.42. The van der Waals surface area contributed by atoms with Crippen molar-refractivity contribution >= 4 is 22.6 Å². The van der Waals surface area contributed by atoms with Crippen LogP contribution in [0.2, 0.25) is 0 Å². The highest BCUT2D eigenvalue weighted by atomic mass is 16.2. The van der Waals surface area contributed by atoms with Crippen molar-refractivity contribution < 1.29 is 4.79 Å². The van der Waals surface area contributed by atoms with Gasteiger partial charge in [-0.2, -0.15) is 0 Å². The maximum atomic E-state index is 13.1. The summed E-state index contributed by atoms with van der Waals surface area (Å²) < 4.78 is 3.16. The van der Waals surface area contributed by atoms with Crippen molar-refractivity contribution in [3.05, 3.63) is 87.8 Å². The van der Waals surface area contributed by atoms with Crippen LogP contribution >= 0.6 is 0 Å². The van der Waals surface area contributed by atoms with Crippen molar-refractivity contribution in [2.75, 3.05) is 5.32 Å². The molecule has 0 radical (unpaired) electrons. The number of hydrogen-bond acceptors (Lipinski definition) is 3. The van der Waals surface area contributed by atoms with E-state index in [1.807, 2.05) is 56.3 Å². The van der Waals surface area contributed by atoms with Gasteiger partial charge in [0.1, 0.15) is 6.54 Å². The minimum absolute atomic E-state index is 0.0296. The standard InChI is InChI=1S/C24H24N4O2/c1-4-18-8-11-20(12-9-18)28-24(30)21-6-5-13-25-23(21)27(28)15-22(29)26-19-10-7-16(2)17(3)14-19/h5-14H,4,15H2,1-3H3,(H,26,29). The largest absolute Gasteiger partial charge is 0.324 e. The monoisotopic (exact) mass is 400 g/mol. The molecule has 30 heavy (non-hydrogen) atoms. The van der Waals surface area contributed by atoms with E-state index in [0.29, 0.717) is 16.7 Å². The molecule has 6 heteroatoms. The van der Waals surface area contributed by atoms with Crippen LogP contribution in [0.4, 0.5) is 5.69 Å². The van der Waals surface area contributed by atoms with Crippen LogP contribution in [0.25, 0.3) is 16.7 Å². The lowest BCUT2D eigenvalue weighted by molar-refractivity contribution is -0.116. The van der Waals surface area contributed by atoms with Gasteiger partial charge in [0.2, 0.25) is 5.91 Å². The van der Waals surface area contributed by atoms with Crippen molar-refractivity contribution in [2.45, 2.75) is 33.7 Å². The molecular formula is C24H24N4O2. The summed E-state index contributed by atoms with van der Waals surface area (Å²) in [4.78, 5) is 30.3. The first-order valence-corrected chi connectivity index (χ1v) is 10.0. The first-order chi connectivity index (χ1) is 14.5. The fourth-order valence-electron chi connectivity index (χ4n) is 3.52. The predicted molar refractivity (Wildman–Crippen MR) is 119 cm³/mol. The summed E-state index contributed by atoms with van der Waals surface area (Å²) in [6, 6.07) is 17.0. The molecule has 0 unspecified atom stereocenters. The Morgan fingerprint density at radius 1 is 1.03 bits per heavy atom. The molecule has 4 aromatic rings. The maximum Gasteiger partial charge on any atom is 0.280 e. The maximum absolute atomic E-state index is 13.1. The number of aromatic nitrogens is 3. The first-order valence-electron chi connectivity index (χ1n) is 10.0. The van der Waals surface area contributed by atoms with Gasteiger partial charge in [-0.3, -0.25) is 14.3 Å².